The van der Waals surface area contributed by atoms with E-state index in [4.69, 9.17) is 5.11 Å². The highest BCUT2D eigenvalue weighted by atomic mass is 19.4. The average Bonchev–Trinajstić information content (AvgIpc) is 2.34. The minimum absolute atomic E-state index is 0.125. The van der Waals surface area contributed by atoms with E-state index in [1.165, 1.54) is 12.1 Å². The van der Waals surface area contributed by atoms with Crippen molar-refractivity contribution >= 4 is 0 Å². The van der Waals surface area contributed by atoms with Gasteiger partial charge in [0, 0.05) is 0 Å². The van der Waals surface area contributed by atoms with Gasteiger partial charge in [-0.2, -0.15) is 4.39 Å². The molecule has 0 aromatic heterocycles. The third kappa shape index (κ3) is 3.17. The minimum Gasteiger partial charge on any atom is -0.505 e. The molecule has 2 aromatic rings. The van der Waals surface area contributed by atoms with Crippen LogP contribution in [0, 0.1) is 11.6 Å². The molecule has 2 aromatic carbocycles. The second-order valence-corrected chi connectivity index (χ2v) is 3.86. The number of hydrogen-bond acceptors (Lipinski definition) is 2. The molecule has 0 atom stereocenters. The maximum Gasteiger partial charge on any atom is 0.573 e. The molecule has 0 saturated heterocycles. The zero-order chi connectivity index (χ0) is 14.9. The van der Waals surface area contributed by atoms with E-state index in [9.17, 15) is 22.0 Å². The lowest BCUT2D eigenvalue weighted by molar-refractivity contribution is -0.274. The van der Waals surface area contributed by atoms with Crippen LogP contribution in [0.15, 0.2) is 36.4 Å². The lowest BCUT2D eigenvalue weighted by Gasteiger charge is -2.09. The molecule has 0 aliphatic heterocycles. The molecule has 2 nitrogen and oxygen atoms in total. The molecule has 0 fully saturated rings. The Labute approximate surface area is 110 Å². The molecule has 0 amide bonds. The highest BCUT2D eigenvalue weighted by molar-refractivity contribution is 5.66. The molecule has 0 aliphatic rings. The molecule has 0 aliphatic carbocycles. The summed E-state index contributed by atoms with van der Waals surface area (Å²) in [6, 6.07) is 6.31. The van der Waals surface area contributed by atoms with Gasteiger partial charge in [-0.3, -0.25) is 0 Å². The molecule has 2 rings (SSSR count). The second kappa shape index (κ2) is 4.99. The third-order valence-electron chi connectivity index (χ3n) is 2.43. The van der Waals surface area contributed by atoms with Crippen LogP contribution in [-0.4, -0.2) is 11.5 Å². The number of benzene rings is 2. The summed E-state index contributed by atoms with van der Waals surface area (Å²) in [5.74, 6) is -3.95. The van der Waals surface area contributed by atoms with E-state index in [0.717, 1.165) is 24.3 Å². The molecule has 0 saturated carbocycles. The van der Waals surface area contributed by atoms with Crippen molar-refractivity contribution in [3.8, 4) is 22.6 Å². The maximum atomic E-state index is 13.1. The van der Waals surface area contributed by atoms with Gasteiger partial charge in [0.2, 0.25) is 0 Å². The lowest BCUT2D eigenvalue weighted by Crippen LogP contribution is -2.16. The SMILES string of the molecule is Oc1cc(-c2ccc(OC(F)(F)F)cc2)cc(F)c1F. The number of alkyl halides is 3. The van der Waals surface area contributed by atoms with Gasteiger partial charge < -0.3 is 9.84 Å². The van der Waals surface area contributed by atoms with Crippen molar-refractivity contribution < 1.29 is 31.8 Å². The average molecular weight is 290 g/mol. The summed E-state index contributed by atoms with van der Waals surface area (Å²) in [5.41, 5.74) is 0.425. The minimum atomic E-state index is -4.80. The van der Waals surface area contributed by atoms with Crippen LogP contribution in [0.25, 0.3) is 11.1 Å². The molecular weight excluding hydrogens is 283 g/mol. The van der Waals surface area contributed by atoms with Crippen LogP contribution >= 0.6 is 0 Å². The van der Waals surface area contributed by atoms with Crippen LogP contribution in [0.2, 0.25) is 0 Å². The fourth-order valence-electron chi connectivity index (χ4n) is 1.59. The van der Waals surface area contributed by atoms with Crippen LogP contribution in [0.1, 0.15) is 0 Å². The molecule has 0 spiro atoms. The summed E-state index contributed by atoms with van der Waals surface area (Å²) in [6.07, 6.45) is -4.80. The zero-order valence-electron chi connectivity index (χ0n) is 9.71. The summed E-state index contributed by atoms with van der Waals surface area (Å²) in [6.45, 7) is 0. The maximum absolute atomic E-state index is 13.1. The van der Waals surface area contributed by atoms with Gasteiger partial charge in [-0.05, 0) is 35.4 Å². The monoisotopic (exact) mass is 290 g/mol. The Morgan fingerprint density at radius 2 is 1.50 bits per heavy atom. The highest BCUT2D eigenvalue weighted by Gasteiger charge is 2.30. The number of hydrogen-bond donors (Lipinski definition) is 1. The third-order valence-corrected chi connectivity index (χ3v) is 2.43. The molecule has 20 heavy (non-hydrogen) atoms. The first-order chi connectivity index (χ1) is 9.26. The number of halogens is 5. The lowest BCUT2D eigenvalue weighted by atomic mass is 10.0. The molecule has 0 radical (unpaired) electrons. The standard InChI is InChI=1S/C13H7F5O2/c14-10-5-8(6-11(19)12(10)15)7-1-3-9(4-2-7)20-13(16,17)18/h1-6,19H. The first-order valence-corrected chi connectivity index (χ1v) is 5.30. The highest BCUT2D eigenvalue weighted by Crippen LogP contribution is 2.30. The number of rotatable bonds is 2. The number of aromatic hydroxyl groups is 1. The largest absolute Gasteiger partial charge is 0.573 e. The van der Waals surface area contributed by atoms with Crippen molar-refractivity contribution in [3.63, 3.8) is 0 Å². The molecule has 0 unspecified atom stereocenters. The van der Waals surface area contributed by atoms with E-state index in [-0.39, 0.29) is 5.56 Å². The quantitative estimate of drug-likeness (QED) is 0.838. The summed E-state index contributed by atoms with van der Waals surface area (Å²) in [7, 11) is 0. The van der Waals surface area contributed by atoms with Crippen LogP contribution in [0.5, 0.6) is 11.5 Å². The summed E-state index contributed by atoms with van der Waals surface area (Å²) in [5, 5.41) is 9.16. The fraction of sp³-hybridized carbons (Fsp3) is 0.0769. The van der Waals surface area contributed by atoms with Gasteiger partial charge in [-0.25, -0.2) is 4.39 Å². The summed E-state index contributed by atoms with van der Waals surface area (Å²) >= 11 is 0. The van der Waals surface area contributed by atoms with Crippen molar-refractivity contribution in [2.24, 2.45) is 0 Å². The predicted molar refractivity (Wildman–Crippen MR) is 60.1 cm³/mol. The number of phenolic OH excluding ortho intramolecular Hbond substituents is 1. The molecule has 7 heteroatoms. The van der Waals surface area contributed by atoms with Gasteiger partial charge in [0.05, 0.1) is 0 Å². The van der Waals surface area contributed by atoms with E-state index >= 15 is 0 Å². The van der Waals surface area contributed by atoms with Crippen LogP contribution in [0.3, 0.4) is 0 Å². The van der Waals surface area contributed by atoms with E-state index in [0.29, 0.717) is 5.56 Å². The van der Waals surface area contributed by atoms with Gasteiger partial charge in [0.1, 0.15) is 5.75 Å². The van der Waals surface area contributed by atoms with Crippen molar-refractivity contribution in [1.82, 2.24) is 0 Å². The van der Waals surface area contributed by atoms with E-state index in [1.54, 1.807) is 0 Å². The van der Waals surface area contributed by atoms with E-state index < -0.39 is 29.5 Å². The zero-order valence-corrected chi connectivity index (χ0v) is 9.71. The first-order valence-electron chi connectivity index (χ1n) is 5.30. The Kier molecular flexibility index (Phi) is 3.52. The molecular formula is C13H7F5O2. The Morgan fingerprint density at radius 1 is 0.900 bits per heavy atom. The normalized spacial score (nSPS) is 11.4. The van der Waals surface area contributed by atoms with Crippen LogP contribution in [-0.2, 0) is 0 Å². The Bertz CT molecular complexity index is 597. The Morgan fingerprint density at radius 3 is 2.00 bits per heavy atom. The van der Waals surface area contributed by atoms with Crippen LogP contribution in [0.4, 0.5) is 22.0 Å². The van der Waals surface area contributed by atoms with E-state index in [2.05, 4.69) is 4.74 Å². The number of ether oxygens (including phenoxy) is 1. The predicted octanol–water partition coefficient (Wildman–Crippen LogP) is 4.24. The van der Waals surface area contributed by atoms with Gasteiger partial charge in [-0.15, -0.1) is 13.2 Å². The molecule has 106 valence electrons. The molecule has 0 bridgehead atoms. The van der Waals surface area contributed by atoms with Crippen molar-refractivity contribution in [2.75, 3.05) is 0 Å². The van der Waals surface area contributed by atoms with Gasteiger partial charge >= 0.3 is 6.36 Å². The summed E-state index contributed by atoms with van der Waals surface area (Å²) in [4.78, 5) is 0. The second-order valence-electron chi connectivity index (χ2n) is 3.86. The molecule has 1 N–H and O–H groups in total. The van der Waals surface area contributed by atoms with Crippen LogP contribution < -0.4 is 4.74 Å². The summed E-state index contributed by atoms with van der Waals surface area (Å²) < 4.78 is 65.6. The fourth-order valence-corrected chi connectivity index (χ4v) is 1.59. The Balaban J connectivity index is 2.31. The first kappa shape index (κ1) is 14.1. The van der Waals surface area contributed by atoms with Gasteiger partial charge in [0.15, 0.2) is 17.4 Å². The van der Waals surface area contributed by atoms with Gasteiger partial charge in [-0.1, -0.05) is 12.1 Å². The van der Waals surface area contributed by atoms with Crippen molar-refractivity contribution in [2.45, 2.75) is 6.36 Å². The van der Waals surface area contributed by atoms with Crippen molar-refractivity contribution in [1.29, 1.82) is 0 Å². The van der Waals surface area contributed by atoms with E-state index in [1.807, 2.05) is 0 Å². The smallest absolute Gasteiger partial charge is 0.505 e. The number of phenols is 1. The van der Waals surface area contributed by atoms with Gasteiger partial charge in [0.25, 0.3) is 0 Å². The van der Waals surface area contributed by atoms with Crippen molar-refractivity contribution in [3.05, 3.63) is 48.0 Å². The topological polar surface area (TPSA) is 29.5 Å². The molecule has 0 heterocycles. The Hall–Kier alpha value is -2.31.